The predicted molar refractivity (Wildman–Crippen MR) is 116 cm³/mol. The molecule has 2 aliphatic heterocycles. The van der Waals surface area contributed by atoms with Crippen LogP contribution in [0.5, 0.6) is 0 Å². The summed E-state index contributed by atoms with van der Waals surface area (Å²) in [6.07, 6.45) is 2.51. The van der Waals surface area contributed by atoms with Crippen LogP contribution in [0.3, 0.4) is 0 Å². The van der Waals surface area contributed by atoms with E-state index in [1.165, 1.54) is 0 Å². The highest BCUT2D eigenvalue weighted by Crippen LogP contribution is 2.35. The largest absolute Gasteiger partial charge is 0.445 e. The van der Waals surface area contributed by atoms with Gasteiger partial charge < -0.3 is 9.47 Å². The van der Waals surface area contributed by atoms with Crippen molar-refractivity contribution in [1.82, 2.24) is 9.88 Å². The Labute approximate surface area is 180 Å². The van der Waals surface area contributed by atoms with Crippen molar-refractivity contribution in [3.05, 3.63) is 78.0 Å². The molecule has 0 radical (unpaired) electrons. The third kappa shape index (κ3) is 3.91. The van der Waals surface area contributed by atoms with Crippen molar-refractivity contribution >= 4 is 22.8 Å². The summed E-state index contributed by atoms with van der Waals surface area (Å²) in [7, 11) is 0. The lowest BCUT2D eigenvalue weighted by atomic mass is 9.80. The van der Waals surface area contributed by atoms with Gasteiger partial charge in [0, 0.05) is 23.1 Å². The molecule has 2 saturated heterocycles. The molecule has 5 rings (SSSR count). The van der Waals surface area contributed by atoms with E-state index in [9.17, 15) is 9.59 Å². The molecular formula is C25H24N2O4. The zero-order valence-corrected chi connectivity index (χ0v) is 17.1. The smallest absolute Gasteiger partial charge is 0.410 e. The lowest BCUT2D eigenvalue weighted by Gasteiger charge is -2.47. The Morgan fingerprint density at radius 3 is 2.45 bits per heavy atom. The number of Topliss-reactive ketones (excluding diaryl/α,β-unsaturated/α-hetero) is 1. The van der Waals surface area contributed by atoms with Crippen LogP contribution in [0.2, 0.25) is 0 Å². The predicted octanol–water partition coefficient (Wildman–Crippen LogP) is 4.23. The minimum atomic E-state index is -0.331. The summed E-state index contributed by atoms with van der Waals surface area (Å²) in [6, 6.07) is 18.8. The van der Waals surface area contributed by atoms with E-state index in [1.54, 1.807) is 17.2 Å². The lowest BCUT2D eigenvalue weighted by molar-refractivity contribution is -0.0755. The number of hydrogen-bond acceptors (Lipinski definition) is 5. The van der Waals surface area contributed by atoms with Crippen LogP contribution in [0.1, 0.15) is 28.8 Å². The fourth-order valence-electron chi connectivity index (χ4n) is 4.75. The van der Waals surface area contributed by atoms with Crippen LogP contribution in [0.4, 0.5) is 4.79 Å². The standard InChI is InChI=1S/C25H24N2O4/c28-24(22-10-11-26-23-9-5-4-8-21(22)23)18-12-19-15-30-16-20(13-18)27(19)25(29)31-14-17-6-2-1-3-7-17/h1-11,18-20H,12-16H2. The summed E-state index contributed by atoms with van der Waals surface area (Å²) in [5.41, 5.74) is 2.47. The number of aromatic nitrogens is 1. The lowest BCUT2D eigenvalue weighted by Crippen LogP contribution is -2.59. The van der Waals surface area contributed by atoms with Gasteiger partial charge in [0.1, 0.15) is 6.61 Å². The van der Waals surface area contributed by atoms with Crippen LogP contribution >= 0.6 is 0 Å². The molecule has 2 aliphatic rings. The van der Waals surface area contributed by atoms with Gasteiger partial charge in [0.2, 0.25) is 0 Å². The number of hydrogen-bond donors (Lipinski definition) is 0. The molecule has 2 atom stereocenters. The average molecular weight is 416 g/mol. The number of piperidine rings is 1. The number of benzene rings is 2. The van der Waals surface area contributed by atoms with Gasteiger partial charge in [-0.05, 0) is 30.5 Å². The number of carbonyl (C=O) groups excluding carboxylic acids is 2. The maximum absolute atomic E-state index is 13.4. The van der Waals surface area contributed by atoms with Gasteiger partial charge in [-0.2, -0.15) is 0 Å². The number of fused-ring (bicyclic) bond motifs is 3. The van der Waals surface area contributed by atoms with Crippen LogP contribution in [-0.4, -0.2) is 47.1 Å². The Balaban J connectivity index is 1.31. The van der Waals surface area contributed by atoms with Crippen molar-refractivity contribution < 1.29 is 19.1 Å². The fourth-order valence-corrected chi connectivity index (χ4v) is 4.75. The molecule has 2 unspecified atom stereocenters. The van der Waals surface area contributed by atoms with E-state index in [0.717, 1.165) is 16.5 Å². The summed E-state index contributed by atoms with van der Waals surface area (Å²) in [4.78, 5) is 32.4. The quantitative estimate of drug-likeness (QED) is 0.595. The highest BCUT2D eigenvalue weighted by molar-refractivity contribution is 6.08. The van der Waals surface area contributed by atoms with Gasteiger partial charge in [0.05, 0.1) is 30.8 Å². The van der Waals surface area contributed by atoms with Gasteiger partial charge >= 0.3 is 6.09 Å². The first kappa shape index (κ1) is 19.7. The Morgan fingerprint density at radius 2 is 1.68 bits per heavy atom. The number of nitrogens with zero attached hydrogens (tertiary/aromatic N) is 2. The van der Waals surface area contributed by atoms with Gasteiger partial charge in [-0.15, -0.1) is 0 Å². The summed E-state index contributed by atoms with van der Waals surface area (Å²) < 4.78 is 11.3. The number of morpholine rings is 1. The summed E-state index contributed by atoms with van der Waals surface area (Å²) in [6.45, 7) is 1.09. The van der Waals surface area contributed by atoms with Crippen molar-refractivity contribution in [1.29, 1.82) is 0 Å². The maximum Gasteiger partial charge on any atom is 0.410 e. The second-order valence-corrected chi connectivity index (χ2v) is 8.20. The molecule has 3 heterocycles. The van der Waals surface area contributed by atoms with Crippen molar-refractivity contribution in [2.75, 3.05) is 13.2 Å². The number of ether oxygens (including phenoxy) is 2. The van der Waals surface area contributed by atoms with Crippen LogP contribution in [0.25, 0.3) is 10.9 Å². The van der Waals surface area contributed by atoms with Crippen molar-refractivity contribution in [2.24, 2.45) is 5.92 Å². The van der Waals surface area contributed by atoms with E-state index in [4.69, 9.17) is 9.47 Å². The van der Waals surface area contributed by atoms with Gasteiger partial charge in [-0.3, -0.25) is 14.7 Å². The Bertz CT molecular complexity index is 1080. The molecule has 2 aromatic carbocycles. The van der Waals surface area contributed by atoms with E-state index >= 15 is 0 Å². The van der Waals surface area contributed by atoms with Crippen LogP contribution in [0, 0.1) is 5.92 Å². The van der Waals surface area contributed by atoms with Crippen LogP contribution in [0.15, 0.2) is 66.9 Å². The van der Waals surface area contributed by atoms with E-state index in [2.05, 4.69) is 4.98 Å². The first-order valence-electron chi connectivity index (χ1n) is 10.7. The molecule has 6 nitrogen and oxygen atoms in total. The Hall–Kier alpha value is -3.25. The van der Waals surface area contributed by atoms with Crippen molar-refractivity contribution in [2.45, 2.75) is 31.5 Å². The number of amides is 1. The van der Waals surface area contributed by atoms with Crippen molar-refractivity contribution in [3.63, 3.8) is 0 Å². The molecule has 158 valence electrons. The highest BCUT2D eigenvalue weighted by atomic mass is 16.6. The zero-order valence-electron chi connectivity index (χ0n) is 17.1. The van der Waals surface area contributed by atoms with Gasteiger partial charge in [0.25, 0.3) is 0 Å². The Kier molecular flexibility index (Phi) is 5.38. The second kappa shape index (κ2) is 8.47. The summed E-state index contributed by atoms with van der Waals surface area (Å²) in [5, 5.41) is 0.876. The molecule has 2 fully saturated rings. The molecule has 0 N–H and O–H groups in total. The van der Waals surface area contributed by atoms with Crippen LogP contribution in [-0.2, 0) is 16.1 Å². The molecule has 1 amide bonds. The SMILES string of the molecule is O=C(c1ccnc2ccccc12)C1CC2COCC(C1)N2C(=O)OCc1ccccc1. The van der Waals surface area contributed by atoms with E-state index in [0.29, 0.717) is 31.6 Å². The third-order valence-electron chi connectivity index (χ3n) is 6.22. The normalized spacial score (nSPS) is 22.8. The third-order valence-corrected chi connectivity index (χ3v) is 6.22. The molecule has 0 saturated carbocycles. The minimum absolute atomic E-state index is 0.118. The number of carbonyl (C=O) groups is 2. The molecule has 31 heavy (non-hydrogen) atoms. The first-order valence-corrected chi connectivity index (χ1v) is 10.7. The number of pyridine rings is 1. The van der Waals surface area contributed by atoms with Gasteiger partial charge in [-0.1, -0.05) is 48.5 Å². The molecule has 1 aromatic heterocycles. The van der Waals surface area contributed by atoms with Gasteiger partial charge in [0.15, 0.2) is 5.78 Å². The Morgan fingerprint density at radius 1 is 0.968 bits per heavy atom. The summed E-state index contributed by atoms with van der Waals surface area (Å²) in [5.74, 6) is -0.0318. The fraction of sp³-hybridized carbons (Fsp3) is 0.320. The second-order valence-electron chi connectivity index (χ2n) is 8.20. The molecule has 0 aliphatic carbocycles. The molecule has 3 aromatic rings. The number of rotatable bonds is 4. The highest BCUT2D eigenvalue weighted by Gasteiger charge is 2.44. The first-order chi connectivity index (χ1) is 15.2. The van der Waals surface area contributed by atoms with E-state index in [-0.39, 0.29) is 36.5 Å². The molecule has 2 bridgehead atoms. The number of ketones is 1. The van der Waals surface area contributed by atoms with Crippen LogP contribution < -0.4 is 0 Å². The zero-order chi connectivity index (χ0) is 21.2. The molecule has 6 heteroatoms. The minimum Gasteiger partial charge on any atom is -0.445 e. The van der Waals surface area contributed by atoms with Crippen molar-refractivity contribution in [3.8, 4) is 0 Å². The van der Waals surface area contributed by atoms with E-state index < -0.39 is 0 Å². The maximum atomic E-state index is 13.4. The van der Waals surface area contributed by atoms with E-state index in [1.807, 2.05) is 54.6 Å². The number of para-hydroxylation sites is 1. The monoisotopic (exact) mass is 416 g/mol. The van der Waals surface area contributed by atoms with Gasteiger partial charge in [-0.25, -0.2) is 4.79 Å². The topological polar surface area (TPSA) is 68.7 Å². The molecular weight excluding hydrogens is 392 g/mol. The molecule has 0 spiro atoms. The average Bonchev–Trinajstić information content (AvgIpc) is 2.81. The summed E-state index contributed by atoms with van der Waals surface area (Å²) >= 11 is 0.